The first-order valence-corrected chi connectivity index (χ1v) is 7.22. The average molecular weight is 268 g/mol. The molecule has 0 unspecified atom stereocenters. The smallest absolute Gasteiger partial charge is 0.0438 e. The van der Waals surface area contributed by atoms with Gasteiger partial charge in [-0.25, -0.2) is 0 Å². The molecule has 0 saturated carbocycles. The third-order valence-electron chi connectivity index (χ3n) is 3.59. The van der Waals surface area contributed by atoms with Crippen LogP contribution in [0.1, 0.15) is 23.6 Å². The lowest BCUT2D eigenvalue weighted by Gasteiger charge is -2.22. The maximum absolute atomic E-state index is 3.37. The van der Waals surface area contributed by atoms with Gasteiger partial charge in [-0.1, -0.05) is 31.2 Å². The highest BCUT2D eigenvalue weighted by Gasteiger charge is 2.07. The average Bonchev–Trinajstić information content (AvgIpc) is 2.44. The van der Waals surface area contributed by atoms with Crippen molar-refractivity contribution in [2.75, 3.05) is 18.5 Å². The molecule has 0 radical (unpaired) electrons. The summed E-state index contributed by atoms with van der Waals surface area (Å²) in [5.41, 5.74) is 6.43. The van der Waals surface area contributed by atoms with E-state index in [0.29, 0.717) is 0 Å². The maximum Gasteiger partial charge on any atom is 0.0438 e. The SMILES string of the molecule is CCNCc1ccc(N(C)c2cccc(C)c2)c(C)c1. The lowest BCUT2D eigenvalue weighted by Crippen LogP contribution is -2.14. The lowest BCUT2D eigenvalue weighted by molar-refractivity contribution is 0.726. The summed E-state index contributed by atoms with van der Waals surface area (Å²) in [7, 11) is 2.13. The molecule has 0 heterocycles. The number of hydrogen-bond donors (Lipinski definition) is 1. The van der Waals surface area contributed by atoms with Gasteiger partial charge >= 0.3 is 0 Å². The molecule has 2 heteroatoms. The summed E-state index contributed by atoms with van der Waals surface area (Å²) in [6.07, 6.45) is 0. The zero-order valence-corrected chi connectivity index (χ0v) is 12.9. The van der Waals surface area contributed by atoms with E-state index < -0.39 is 0 Å². The fourth-order valence-corrected chi connectivity index (χ4v) is 2.45. The Labute approximate surface area is 122 Å². The van der Waals surface area contributed by atoms with E-state index in [-0.39, 0.29) is 0 Å². The number of aryl methyl sites for hydroxylation is 2. The Bertz CT molecular complexity index is 575. The first-order valence-electron chi connectivity index (χ1n) is 7.22. The molecule has 1 N–H and O–H groups in total. The summed E-state index contributed by atoms with van der Waals surface area (Å²) >= 11 is 0. The third-order valence-corrected chi connectivity index (χ3v) is 3.59. The van der Waals surface area contributed by atoms with Crippen molar-refractivity contribution in [3.8, 4) is 0 Å². The molecule has 2 aromatic carbocycles. The van der Waals surface area contributed by atoms with E-state index in [4.69, 9.17) is 0 Å². The molecule has 0 aliphatic carbocycles. The van der Waals surface area contributed by atoms with Crippen LogP contribution < -0.4 is 10.2 Å². The van der Waals surface area contributed by atoms with Gasteiger partial charge in [0, 0.05) is 25.0 Å². The molecule has 106 valence electrons. The molecule has 0 fully saturated rings. The molecule has 0 aliphatic rings. The Balaban J connectivity index is 2.24. The number of nitrogens with zero attached hydrogens (tertiary/aromatic N) is 1. The van der Waals surface area contributed by atoms with Gasteiger partial charge in [-0.3, -0.25) is 0 Å². The fraction of sp³-hybridized carbons (Fsp3) is 0.333. The van der Waals surface area contributed by atoms with Crippen LogP contribution in [0.2, 0.25) is 0 Å². The molecule has 2 rings (SSSR count). The van der Waals surface area contributed by atoms with Gasteiger partial charge in [-0.15, -0.1) is 0 Å². The molecule has 0 amide bonds. The van der Waals surface area contributed by atoms with Crippen LogP contribution in [0, 0.1) is 13.8 Å². The topological polar surface area (TPSA) is 15.3 Å². The fourth-order valence-electron chi connectivity index (χ4n) is 2.45. The number of hydrogen-bond acceptors (Lipinski definition) is 2. The summed E-state index contributed by atoms with van der Waals surface area (Å²) in [4.78, 5) is 2.25. The second kappa shape index (κ2) is 6.58. The van der Waals surface area contributed by atoms with Crippen LogP contribution in [-0.4, -0.2) is 13.6 Å². The van der Waals surface area contributed by atoms with Crippen molar-refractivity contribution in [3.63, 3.8) is 0 Å². The summed E-state index contributed by atoms with van der Waals surface area (Å²) in [5, 5.41) is 3.37. The molecule has 0 aliphatic heterocycles. The molecule has 2 nitrogen and oxygen atoms in total. The molecular weight excluding hydrogens is 244 g/mol. The van der Waals surface area contributed by atoms with Crippen LogP contribution in [0.4, 0.5) is 11.4 Å². The molecule has 0 saturated heterocycles. The van der Waals surface area contributed by atoms with E-state index in [9.17, 15) is 0 Å². The molecule has 20 heavy (non-hydrogen) atoms. The Hall–Kier alpha value is -1.80. The number of nitrogens with one attached hydrogen (secondary N) is 1. The van der Waals surface area contributed by atoms with Crippen LogP contribution in [-0.2, 0) is 6.54 Å². The van der Waals surface area contributed by atoms with Crippen LogP contribution in [0.25, 0.3) is 0 Å². The Kier molecular flexibility index (Phi) is 4.80. The Morgan fingerprint density at radius 3 is 2.50 bits per heavy atom. The zero-order valence-electron chi connectivity index (χ0n) is 12.9. The number of benzene rings is 2. The number of anilines is 2. The Morgan fingerprint density at radius 1 is 1.05 bits per heavy atom. The van der Waals surface area contributed by atoms with Crippen molar-refractivity contribution in [1.82, 2.24) is 5.32 Å². The van der Waals surface area contributed by atoms with Gasteiger partial charge in [-0.2, -0.15) is 0 Å². The molecule has 0 bridgehead atoms. The second-order valence-corrected chi connectivity index (χ2v) is 5.30. The predicted molar refractivity (Wildman–Crippen MR) is 87.8 cm³/mol. The monoisotopic (exact) mass is 268 g/mol. The van der Waals surface area contributed by atoms with Crippen molar-refractivity contribution in [1.29, 1.82) is 0 Å². The van der Waals surface area contributed by atoms with Gasteiger partial charge in [0.05, 0.1) is 0 Å². The van der Waals surface area contributed by atoms with Crippen LogP contribution >= 0.6 is 0 Å². The highest BCUT2D eigenvalue weighted by molar-refractivity contribution is 5.66. The molecule has 0 aromatic heterocycles. The van der Waals surface area contributed by atoms with Crippen LogP contribution in [0.5, 0.6) is 0 Å². The van der Waals surface area contributed by atoms with E-state index in [1.165, 1.54) is 28.1 Å². The van der Waals surface area contributed by atoms with Gasteiger partial charge in [0.1, 0.15) is 0 Å². The molecule has 0 atom stereocenters. The zero-order chi connectivity index (χ0) is 14.5. The highest BCUT2D eigenvalue weighted by atomic mass is 15.1. The van der Waals surface area contributed by atoms with Gasteiger partial charge in [0.25, 0.3) is 0 Å². The quantitative estimate of drug-likeness (QED) is 0.875. The number of rotatable bonds is 5. The summed E-state index contributed by atoms with van der Waals surface area (Å²) in [6, 6.07) is 15.3. The summed E-state index contributed by atoms with van der Waals surface area (Å²) in [5.74, 6) is 0. The van der Waals surface area contributed by atoms with E-state index in [2.05, 4.69) is 80.5 Å². The highest BCUT2D eigenvalue weighted by Crippen LogP contribution is 2.27. The van der Waals surface area contributed by atoms with E-state index >= 15 is 0 Å². The van der Waals surface area contributed by atoms with Gasteiger partial charge in [-0.05, 0) is 55.3 Å². The minimum Gasteiger partial charge on any atom is -0.344 e. The van der Waals surface area contributed by atoms with E-state index in [1.54, 1.807) is 0 Å². The molecule has 2 aromatic rings. The predicted octanol–water partition coefficient (Wildman–Crippen LogP) is 4.18. The maximum atomic E-state index is 3.37. The van der Waals surface area contributed by atoms with E-state index in [0.717, 1.165) is 13.1 Å². The summed E-state index contributed by atoms with van der Waals surface area (Å²) in [6.45, 7) is 8.38. The second-order valence-electron chi connectivity index (χ2n) is 5.30. The summed E-state index contributed by atoms with van der Waals surface area (Å²) < 4.78 is 0. The minimum atomic E-state index is 0.936. The largest absolute Gasteiger partial charge is 0.344 e. The van der Waals surface area contributed by atoms with E-state index in [1.807, 2.05) is 0 Å². The van der Waals surface area contributed by atoms with Gasteiger partial charge in [0.2, 0.25) is 0 Å². The lowest BCUT2D eigenvalue weighted by atomic mass is 10.1. The Morgan fingerprint density at radius 2 is 1.85 bits per heavy atom. The van der Waals surface area contributed by atoms with Crippen LogP contribution in [0.3, 0.4) is 0 Å². The normalized spacial score (nSPS) is 10.6. The van der Waals surface area contributed by atoms with Gasteiger partial charge < -0.3 is 10.2 Å². The van der Waals surface area contributed by atoms with Crippen molar-refractivity contribution in [2.45, 2.75) is 27.3 Å². The van der Waals surface area contributed by atoms with Crippen molar-refractivity contribution >= 4 is 11.4 Å². The van der Waals surface area contributed by atoms with Crippen molar-refractivity contribution < 1.29 is 0 Å². The van der Waals surface area contributed by atoms with Crippen molar-refractivity contribution in [3.05, 3.63) is 59.2 Å². The van der Waals surface area contributed by atoms with Crippen LogP contribution in [0.15, 0.2) is 42.5 Å². The van der Waals surface area contributed by atoms with Crippen molar-refractivity contribution in [2.24, 2.45) is 0 Å². The standard InChI is InChI=1S/C18H24N2/c1-5-19-13-16-9-10-18(15(3)12-16)20(4)17-8-6-7-14(2)11-17/h6-12,19H,5,13H2,1-4H3. The minimum absolute atomic E-state index is 0.936. The third kappa shape index (κ3) is 3.40. The molecular formula is C18H24N2. The first-order chi connectivity index (χ1) is 9.61. The molecule has 0 spiro atoms. The first kappa shape index (κ1) is 14.6. The van der Waals surface area contributed by atoms with Gasteiger partial charge in [0.15, 0.2) is 0 Å².